The highest BCUT2D eigenvalue weighted by Crippen LogP contribution is 2.19. The molecule has 1 atom stereocenters. The van der Waals surface area contributed by atoms with Gasteiger partial charge in [0.1, 0.15) is 10.0 Å². The lowest BCUT2D eigenvalue weighted by atomic mass is 10.1. The van der Waals surface area contributed by atoms with Crippen molar-refractivity contribution < 1.29 is 5.11 Å². The van der Waals surface area contributed by atoms with E-state index in [-0.39, 0.29) is 0 Å². The van der Waals surface area contributed by atoms with Gasteiger partial charge in [0, 0.05) is 6.42 Å². The lowest BCUT2D eigenvalue weighted by molar-refractivity contribution is 0.178. The summed E-state index contributed by atoms with van der Waals surface area (Å²) in [6.45, 7) is 1.91. The van der Waals surface area contributed by atoms with Gasteiger partial charge < -0.3 is 5.11 Å². The van der Waals surface area contributed by atoms with Crippen LogP contribution in [0.25, 0.3) is 0 Å². The topological polar surface area (TPSA) is 46.0 Å². The molecule has 15 heavy (non-hydrogen) atoms. The zero-order chi connectivity index (χ0) is 10.7. The fourth-order valence-electron chi connectivity index (χ4n) is 1.38. The summed E-state index contributed by atoms with van der Waals surface area (Å²) in [5.74, 6) is 0. The van der Waals surface area contributed by atoms with Crippen molar-refractivity contribution in [3.63, 3.8) is 0 Å². The molecule has 0 radical (unpaired) electrons. The quantitative estimate of drug-likeness (QED) is 0.861. The van der Waals surface area contributed by atoms with Crippen molar-refractivity contribution >= 4 is 11.3 Å². The van der Waals surface area contributed by atoms with Crippen LogP contribution in [0.2, 0.25) is 0 Å². The number of nitrogens with zero attached hydrogens (tertiary/aromatic N) is 2. The molecule has 0 amide bonds. The summed E-state index contributed by atoms with van der Waals surface area (Å²) >= 11 is 1.53. The first-order valence-corrected chi connectivity index (χ1v) is 5.59. The van der Waals surface area contributed by atoms with E-state index in [9.17, 15) is 5.11 Å². The molecular formula is C11H12N2OS. The molecule has 1 aromatic heterocycles. The van der Waals surface area contributed by atoms with Gasteiger partial charge in [0.15, 0.2) is 0 Å². The van der Waals surface area contributed by atoms with Gasteiger partial charge in [0.25, 0.3) is 0 Å². The second-order valence-corrected chi connectivity index (χ2v) is 4.61. The zero-order valence-electron chi connectivity index (χ0n) is 8.42. The van der Waals surface area contributed by atoms with E-state index in [0.717, 1.165) is 15.6 Å². The molecular weight excluding hydrogens is 208 g/mol. The molecule has 0 aliphatic rings. The summed E-state index contributed by atoms with van der Waals surface area (Å²) in [5.41, 5.74) is 0.922. The highest BCUT2D eigenvalue weighted by Gasteiger charge is 2.10. The van der Waals surface area contributed by atoms with Crippen LogP contribution in [0.3, 0.4) is 0 Å². The minimum absolute atomic E-state index is 0.487. The van der Waals surface area contributed by atoms with Crippen LogP contribution < -0.4 is 0 Å². The van der Waals surface area contributed by atoms with Crippen LogP contribution in [0.15, 0.2) is 30.3 Å². The maximum atomic E-state index is 9.92. The monoisotopic (exact) mass is 220 g/mol. The number of rotatable bonds is 3. The van der Waals surface area contributed by atoms with Crippen molar-refractivity contribution in [1.82, 2.24) is 10.2 Å². The first kappa shape index (κ1) is 10.3. The SMILES string of the molecule is Cc1nnc(CC(O)c2ccccc2)s1. The zero-order valence-corrected chi connectivity index (χ0v) is 9.24. The van der Waals surface area contributed by atoms with Crippen LogP contribution in [0, 0.1) is 6.92 Å². The van der Waals surface area contributed by atoms with Gasteiger partial charge in [-0.15, -0.1) is 21.5 Å². The molecule has 3 nitrogen and oxygen atoms in total. The number of hydrogen-bond donors (Lipinski definition) is 1. The Labute approximate surface area is 92.4 Å². The van der Waals surface area contributed by atoms with E-state index in [1.54, 1.807) is 0 Å². The molecule has 0 bridgehead atoms. The third-order valence-corrected chi connectivity index (χ3v) is 2.98. The molecule has 2 rings (SSSR count). The molecule has 78 valence electrons. The van der Waals surface area contributed by atoms with Crippen molar-refractivity contribution in [2.24, 2.45) is 0 Å². The molecule has 4 heteroatoms. The van der Waals surface area contributed by atoms with Crippen molar-refractivity contribution in [2.45, 2.75) is 19.4 Å². The van der Waals surface area contributed by atoms with Crippen molar-refractivity contribution in [3.05, 3.63) is 45.9 Å². The van der Waals surface area contributed by atoms with Crippen molar-refractivity contribution in [3.8, 4) is 0 Å². The average Bonchev–Trinajstić information content (AvgIpc) is 2.65. The third kappa shape index (κ3) is 2.61. The molecule has 0 fully saturated rings. The largest absolute Gasteiger partial charge is 0.388 e. The van der Waals surface area contributed by atoms with Gasteiger partial charge in [-0.25, -0.2) is 0 Å². The number of benzene rings is 1. The summed E-state index contributed by atoms with van der Waals surface area (Å²) in [5, 5.41) is 19.6. The second-order valence-electron chi connectivity index (χ2n) is 3.35. The van der Waals surface area contributed by atoms with Crippen LogP contribution in [-0.2, 0) is 6.42 Å². The fourth-order valence-corrected chi connectivity index (χ4v) is 2.12. The van der Waals surface area contributed by atoms with E-state index in [1.807, 2.05) is 37.3 Å². The first-order chi connectivity index (χ1) is 7.25. The Hall–Kier alpha value is -1.26. The Morgan fingerprint density at radius 1 is 1.27 bits per heavy atom. The van der Waals surface area contributed by atoms with E-state index in [0.29, 0.717) is 6.42 Å². The highest BCUT2D eigenvalue weighted by atomic mass is 32.1. The first-order valence-electron chi connectivity index (χ1n) is 4.77. The van der Waals surface area contributed by atoms with E-state index >= 15 is 0 Å². The fraction of sp³-hybridized carbons (Fsp3) is 0.273. The molecule has 1 heterocycles. The van der Waals surface area contributed by atoms with Crippen LogP contribution in [-0.4, -0.2) is 15.3 Å². The Morgan fingerprint density at radius 2 is 2.00 bits per heavy atom. The summed E-state index contributed by atoms with van der Waals surface area (Å²) in [7, 11) is 0. The summed E-state index contributed by atoms with van der Waals surface area (Å²) in [6, 6.07) is 9.61. The van der Waals surface area contributed by atoms with Gasteiger partial charge in [0.2, 0.25) is 0 Å². The Balaban J connectivity index is 2.07. The van der Waals surface area contributed by atoms with E-state index in [1.165, 1.54) is 11.3 Å². The van der Waals surface area contributed by atoms with Crippen LogP contribution in [0.4, 0.5) is 0 Å². The van der Waals surface area contributed by atoms with Gasteiger partial charge >= 0.3 is 0 Å². The summed E-state index contributed by atoms with van der Waals surface area (Å²) < 4.78 is 0. The summed E-state index contributed by atoms with van der Waals surface area (Å²) in [4.78, 5) is 0. The van der Waals surface area contributed by atoms with Gasteiger partial charge in [-0.05, 0) is 12.5 Å². The third-order valence-electron chi connectivity index (χ3n) is 2.12. The Morgan fingerprint density at radius 3 is 2.60 bits per heavy atom. The molecule has 0 spiro atoms. The number of hydrogen-bond acceptors (Lipinski definition) is 4. The molecule has 0 aliphatic carbocycles. The van der Waals surface area contributed by atoms with Crippen molar-refractivity contribution in [2.75, 3.05) is 0 Å². The number of aliphatic hydroxyl groups excluding tert-OH is 1. The lowest BCUT2D eigenvalue weighted by Crippen LogP contribution is -2.01. The molecule has 1 unspecified atom stereocenters. The van der Waals surface area contributed by atoms with Gasteiger partial charge in [-0.1, -0.05) is 30.3 Å². The van der Waals surface area contributed by atoms with Crippen LogP contribution in [0.5, 0.6) is 0 Å². The van der Waals surface area contributed by atoms with E-state index < -0.39 is 6.10 Å². The standard InChI is InChI=1S/C11H12N2OS/c1-8-12-13-11(15-8)7-10(14)9-5-3-2-4-6-9/h2-6,10,14H,7H2,1H3. The maximum Gasteiger partial charge on any atom is 0.120 e. The molecule has 0 aliphatic heterocycles. The van der Waals surface area contributed by atoms with Crippen LogP contribution >= 0.6 is 11.3 Å². The number of aliphatic hydroxyl groups is 1. The predicted molar refractivity (Wildman–Crippen MR) is 59.8 cm³/mol. The molecule has 1 N–H and O–H groups in total. The minimum atomic E-state index is -0.487. The molecule has 0 saturated heterocycles. The second kappa shape index (κ2) is 4.51. The van der Waals surface area contributed by atoms with Crippen LogP contribution in [0.1, 0.15) is 21.7 Å². The Bertz CT molecular complexity index is 427. The van der Waals surface area contributed by atoms with E-state index in [2.05, 4.69) is 10.2 Å². The average molecular weight is 220 g/mol. The van der Waals surface area contributed by atoms with E-state index in [4.69, 9.17) is 0 Å². The molecule has 2 aromatic rings. The van der Waals surface area contributed by atoms with Gasteiger partial charge in [-0.2, -0.15) is 0 Å². The minimum Gasteiger partial charge on any atom is -0.388 e. The lowest BCUT2D eigenvalue weighted by Gasteiger charge is -2.07. The number of aromatic nitrogens is 2. The maximum absolute atomic E-state index is 9.92. The molecule has 1 aromatic carbocycles. The van der Waals surface area contributed by atoms with Crippen molar-refractivity contribution in [1.29, 1.82) is 0 Å². The number of aryl methyl sites for hydroxylation is 1. The van der Waals surface area contributed by atoms with Gasteiger partial charge in [0.05, 0.1) is 6.10 Å². The smallest absolute Gasteiger partial charge is 0.120 e. The highest BCUT2D eigenvalue weighted by molar-refractivity contribution is 7.11. The predicted octanol–water partition coefficient (Wildman–Crippen LogP) is 2.12. The summed E-state index contributed by atoms with van der Waals surface area (Å²) in [6.07, 6.45) is 0.0498. The Kier molecular flexibility index (Phi) is 3.08. The van der Waals surface area contributed by atoms with Gasteiger partial charge in [-0.3, -0.25) is 0 Å². The normalized spacial score (nSPS) is 12.7. The molecule has 0 saturated carbocycles.